The molecule has 0 aliphatic rings. The maximum absolute atomic E-state index is 12.4. The van der Waals surface area contributed by atoms with Crippen molar-refractivity contribution in [2.24, 2.45) is 5.73 Å². The molecule has 0 bridgehead atoms. The van der Waals surface area contributed by atoms with Crippen LogP contribution in [0.4, 0.5) is 10.5 Å². The minimum Gasteiger partial charge on any atom is -0.351 e. The molecule has 0 aromatic heterocycles. The van der Waals surface area contributed by atoms with E-state index in [2.05, 4.69) is 26.0 Å². The molecule has 4 N–H and O–H groups in total. The van der Waals surface area contributed by atoms with Gasteiger partial charge < -0.3 is 11.1 Å². The minimum absolute atomic E-state index is 0.186. The van der Waals surface area contributed by atoms with Crippen LogP contribution >= 0.6 is 15.9 Å². The van der Waals surface area contributed by atoms with Crippen LogP contribution in [0.1, 0.15) is 18.5 Å². The normalized spacial score (nSPS) is 12.6. The van der Waals surface area contributed by atoms with Gasteiger partial charge in [0, 0.05) is 16.2 Å². The SMILES string of the molecule is C[C@@H](NS(=O)(=O)c1cccc(Br)c1)c1ccc(NC(N)=O)cc1. The number of sulfonamides is 1. The second kappa shape index (κ2) is 7.12. The number of nitrogens with two attached hydrogens (primary N) is 1. The fourth-order valence-electron chi connectivity index (χ4n) is 2.00. The molecule has 0 spiro atoms. The number of carbonyl (C=O) groups excluding carboxylic acids is 1. The standard InChI is InChI=1S/C15H16BrN3O3S/c1-10(11-5-7-13(8-6-11)18-15(17)20)19-23(21,22)14-4-2-3-12(16)9-14/h2-10,19H,1H3,(H3,17,18,20)/t10-/m1/s1. The molecule has 0 saturated carbocycles. The van der Waals surface area contributed by atoms with E-state index in [1.807, 2.05) is 0 Å². The van der Waals surface area contributed by atoms with E-state index in [1.165, 1.54) is 12.1 Å². The van der Waals surface area contributed by atoms with Gasteiger partial charge in [-0.1, -0.05) is 34.1 Å². The molecule has 0 radical (unpaired) electrons. The number of hydrogen-bond acceptors (Lipinski definition) is 3. The van der Waals surface area contributed by atoms with Crippen molar-refractivity contribution in [3.05, 3.63) is 58.6 Å². The van der Waals surface area contributed by atoms with E-state index in [-0.39, 0.29) is 4.90 Å². The van der Waals surface area contributed by atoms with Crippen LogP contribution in [-0.4, -0.2) is 14.4 Å². The molecule has 0 aliphatic carbocycles. The average Bonchev–Trinajstić information content (AvgIpc) is 2.47. The van der Waals surface area contributed by atoms with Gasteiger partial charge in [-0.15, -0.1) is 0 Å². The van der Waals surface area contributed by atoms with Crippen molar-refractivity contribution in [1.29, 1.82) is 0 Å². The second-order valence-corrected chi connectivity index (χ2v) is 7.54. The van der Waals surface area contributed by atoms with Crippen LogP contribution in [0.3, 0.4) is 0 Å². The highest BCUT2D eigenvalue weighted by Gasteiger charge is 2.18. The molecule has 1 atom stereocenters. The maximum Gasteiger partial charge on any atom is 0.316 e. The van der Waals surface area contributed by atoms with Crippen LogP contribution in [0.15, 0.2) is 57.9 Å². The Hall–Kier alpha value is -1.90. The van der Waals surface area contributed by atoms with Crippen LogP contribution in [0, 0.1) is 0 Å². The molecule has 0 saturated heterocycles. The molecule has 0 heterocycles. The third-order valence-electron chi connectivity index (χ3n) is 3.12. The van der Waals surface area contributed by atoms with Gasteiger partial charge in [-0.3, -0.25) is 0 Å². The molecule has 0 fully saturated rings. The average molecular weight is 398 g/mol. The van der Waals surface area contributed by atoms with E-state index in [9.17, 15) is 13.2 Å². The van der Waals surface area contributed by atoms with Crippen molar-refractivity contribution in [3.63, 3.8) is 0 Å². The summed E-state index contributed by atoms with van der Waals surface area (Å²) in [6, 6.07) is 12.2. The first-order chi connectivity index (χ1) is 10.8. The zero-order valence-corrected chi connectivity index (χ0v) is 14.7. The number of anilines is 1. The summed E-state index contributed by atoms with van der Waals surface area (Å²) in [6.07, 6.45) is 0. The van der Waals surface area contributed by atoms with Crippen LogP contribution in [0.5, 0.6) is 0 Å². The number of halogens is 1. The summed E-state index contributed by atoms with van der Waals surface area (Å²) in [5.74, 6) is 0. The quantitative estimate of drug-likeness (QED) is 0.722. The Labute approximate surface area is 143 Å². The Morgan fingerprint density at radius 1 is 1.17 bits per heavy atom. The fourth-order valence-corrected chi connectivity index (χ4v) is 3.83. The van der Waals surface area contributed by atoms with Crippen molar-refractivity contribution in [3.8, 4) is 0 Å². The number of rotatable bonds is 5. The molecule has 2 aromatic carbocycles. The molecule has 6 nitrogen and oxygen atoms in total. The number of benzene rings is 2. The van der Waals surface area contributed by atoms with Gasteiger partial charge in [0.25, 0.3) is 0 Å². The predicted octanol–water partition coefficient (Wildman–Crippen LogP) is 2.98. The van der Waals surface area contributed by atoms with Gasteiger partial charge in [0.05, 0.1) is 4.90 Å². The first kappa shape index (κ1) is 17.5. The smallest absolute Gasteiger partial charge is 0.316 e. The fraction of sp³-hybridized carbons (Fsp3) is 0.133. The lowest BCUT2D eigenvalue weighted by molar-refractivity contribution is 0.259. The topological polar surface area (TPSA) is 101 Å². The number of amides is 2. The van der Waals surface area contributed by atoms with E-state index in [1.54, 1.807) is 43.3 Å². The number of hydrogen-bond donors (Lipinski definition) is 3. The Morgan fingerprint density at radius 3 is 2.39 bits per heavy atom. The molecule has 23 heavy (non-hydrogen) atoms. The largest absolute Gasteiger partial charge is 0.351 e. The summed E-state index contributed by atoms with van der Waals surface area (Å²) in [6.45, 7) is 1.74. The molecular formula is C15H16BrN3O3S. The van der Waals surface area contributed by atoms with Crippen molar-refractivity contribution < 1.29 is 13.2 Å². The summed E-state index contributed by atoms with van der Waals surface area (Å²) in [7, 11) is -3.63. The third kappa shape index (κ3) is 4.78. The van der Waals surface area contributed by atoms with Crippen LogP contribution < -0.4 is 15.8 Å². The summed E-state index contributed by atoms with van der Waals surface area (Å²) in [4.78, 5) is 11.0. The number of primary amides is 1. The molecule has 122 valence electrons. The molecule has 2 rings (SSSR count). The lowest BCUT2D eigenvalue weighted by atomic mass is 10.1. The Bertz CT molecular complexity index is 807. The van der Waals surface area contributed by atoms with Crippen LogP contribution in [0.25, 0.3) is 0 Å². The van der Waals surface area contributed by atoms with Crippen molar-refractivity contribution in [1.82, 2.24) is 4.72 Å². The molecule has 8 heteroatoms. The summed E-state index contributed by atoms with van der Waals surface area (Å²) < 4.78 is 28.1. The van der Waals surface area contributed by atoms with Gasteiger partial charge in [0.2, 0.25) is 10.0 Å². The van der Waals surface area contributed by atoms with E-state index >= 15 is 0 Å². The van der Waals surface area contributed by atoms with Gasteiger partial charge in [0.1, 0.15) is 0 Å². The Kier molecular flexibility index (Phi) is 5.40. The van der Waals surface area contributed by atoms with Gasteiger partial charge in [-0.2, -0.15) is 0 Å². The Morgan fingerprint density at radius 2 is 1.83 bits per heavy atom. The number of nitrogens with one attached hydrogen (secondary N) is 2. The number of urea groups is 1. The van der Waals surface area contributed by atoms with E-state index in [4.69, 9.17) is 5.73 Å². The van der Waals surface area contributed by atoms with Crippen molar-refractivity contribution in [2.45, 2.75) is 17.9 Å². The lowest BCUT2D eigenvalue weighted by Crippen LogP contribution is -2.27. The number of carbonyl (C=O) groups is 1. The zero-order chi connectivity index (χ0) is 17.0. The zero-order valence-electron chi connectivity index (χ0n) is 12.3. The van der Waals surface area contributed by atoms with E-state index in [0.29, 0.717) is 10.2 Å². The third-order valence-corrected chi connectivity index (χ3v) is 5.15. The predicted molar refractivity (Wildman–Crippen MR) is 92.5 cm³/mol. The van der Waals surface area contributed by atoms with Crippen LogP contribution in [0.2, 0.25) is 0 Å². The highest BCUT2D eigenvalue weighted by molar-refractivity contribution is 9.10. The highest BCUT2D eigenvalue weighted by Crippen LogP contribution is 2.21. The molecule has 0 unspecified atom stereocenters. The Balaban J connectivity index is 2.14. The van der Waals surface area contributed by atoms with E-state index < -0.39 is 22.1 Å². The monoisotopic (exact) mass is 397 g/mol. The molecule has 2 aromatic rings. The van der Waals surface area contributed by atoms with E-state index in [0.717, 1.165) is 5.56 Å². The van der Waals surface area contributed by atoms with Crippen molar-refractivity contribution >= 4 is 37.7 Å². The molecular weight excluding hydrogens is 382 g/mol. The summed E-state index contributed by atoms with van der Waals surface area (Å²) in [5.41, 5.74) is 6.34. The molecule has 2 amide bonds. The minimum atomic E-state index is -3.63. The summed E-state index contributed by atoms with van der Waals surface area (Å²) >= 11 is 3.26. The van der Waals surface area contributed by atoms with Crippen LogP contribution in [-0.2, 0) is 10.0 Å². The van der Waals surface area contributed by atoms with Gasteiger partial charge in [-0.25, -0.2) is 17.9 Å². The lowest BCUT2D eigenvalue weighted by Gasteiger charge is -2.15. The van der Waals surface area contributed by atoms with Gasteiger partial charge in [0.15, 0.2) is 0 Å². The summed E-state index contributed by atoms with van der Waals surface area (Å²) in [5, 5.41) is 2.45. The van der Waals surface area contributed by atoms with Gasteiger partial charge in [-0.05, 0) is 42.8 Å². The van der Waals surface area contributed by atoms with Gasteiger partial charge >= 0.3 is 6.03 Å². The first-order valence-corrected chi connectivity index (χ1v) is 9.00. The maximum atomic E-state index is 12.4. The first-order valence-electron chi connectivity index (χ1n) is 6.72. The molecule has 0 aliphatic heterocycles. The highest BCUT2D eigenvalue weighted by atomic mass is 79.9. The van der Waals surface area contributed by atoms with Crippen molar-refractivity contribution in [2.75, 3.05) is 5.32 Å². The second-order valence-electron chi connectivity index (χ2n) is 4.91.